The number of rotatable bonds is 3. The van der Waals surface area contributed by atoms with Crippen LogP contribution in [0.1, 0.15) is 13.3 Å². The zero-order valence-corrected chi connectivity index (χ0v) is 10.0. The molecule has 2 N–H and O–H groups in total. The van der Waals surface area contributed by atoms with Crippen molar-refractivity contribution in [3.8, 4) is 0 Å². The van der Waals surface area contributed by atoms with Crippen molar-refractivity contribution in [2.75, 3.05) is 6.61 Å². The van der Waals surface area contributed by atoms with Gasteiger partial charge in [-0.2, -0.15) is 0 Å². The van der Waals surface area contributed by atoms with Gasteiger partial charge in [-0.15, -0.1) is 0 Å². The fraction of sp³-hybridized carbons (Fsp3) is 0.545. The van der Waals surface area contributed by atoms with Gasteiger partial charge in [0.1, 0.15) is 6.54 Å². The number of hydrogen-bond acceptors (Lipinski definition) is 4. The van der Waals surface area contributed by atoms with Gasteiger partial charge in [0.2, 0.25) is 5.91 Å². The molecule has 1 aliphatic heterocycles. The number of amides is 1. The second-order valence-electron chi connectivity index (χ2n) is 4.28. The van der Waals surface area contributed by atoms with Crippen molar-refractivity contribution in [3.05, 3.63) is 33.1 Å². The lowest BCUT2D eigenvalue weighted by molar-refractivity contribution is -0.122. The summed E-state index contributed by atoms with van der Waals surface area (Å²) < 4.78 is 6.48. The van der Waals surface area contributed by atoms with Gasteiger partial charge in [-0.1, -0.05) is 0 Å². The highest BCUT2D eigenvalue weighted by atomic mass is 16.5. The fourth-order valence-corrected chi connectivity index (χ4v) is 1.90. The van der Waals surface area contributed by atoms with Crippen LogP contribution in [0, 0.1) is 0 Å². The highest BCUT2D eigenvalue weighted by Crippen LogP contribution is 2.12. The van der Waals surface area contributed by atoms with E-state index in [1.165, 1.54) is 12.3 Å². The van der Waals surface area contributed by atoms with Gasteiger partial charge in [0.05, 0.1) is 12.1 Å². The molecule has 0 unspecified atom stereocenters. The summed E-state index contributed by atoms with van der Waals surface area (Å²) in [6, 6.07) is 1.19. The number of carbonyl (C=O) groups excluding carboxylic acids is 1. The first-order valence-corrected chi connectivity index (χ1v) is 5.77. The SMILES string of the molecule is C[C@H]1OCC[C@H]1NC(=O)Cn1ccc(=O)[nH]c1=O. The summed E-state index contributed by atoms with van der Waals surface area (Å²) in [5, 5.41) is 2.80. The summed E-state index contributed by atoms with van der Waals surface area (Å²) in [5.41, 5.74) is -1.07. The molecule has 0 spiro atoms. The van der Waals surface area contributed by atoms with Gasteiger partial charge in [-0.25, -0.2) is 4.79 Å². The topological polar surface area (TPSA) is 93.2 Å². The smallest absolute Gasteiger partial charge is 0.328 e. The van der Waals surface area contributed by atoms with Crippen LogP contribution in [0.5, 0.6) is 0 Å². The van der Waals surface area contributed by atoms with Gasteiger partial charge in [-0.3, -0.25) is 19.1 Å². The van der Waals surface area contributed by atoms with E-state index in [0.717, 1.165) is 11.0 Å². The van der Waals surface area contributed by atoms with Crippen molar-refractivity contribution in [2.45, 2.75) is 32.0 Å². The number of nitrogens with zero attached hydrogens (tertiary/aromatic N) is 1. The number of ether oxygens (including phenoxy) is 1. The molecule has 0 aromatic carbocycles. The Kier molecular flexibility index (Phi) is 3.61. The maximum absolute atomic E-state index is 11.7. The molecule has 1 amide bonds. The number of H-pyrrole nitrogens is 1. The van der Waals surface area contributed by atoms with Crippen LogP contribution in [0.4, 0.5) is 0 Å². The average molecular weight is 253 g/mol. The van der Waals surface area contributed by atoms with E-state index in [1.807, 2.05) is 6.92 Å². The molecule has 18 heavy (non-hydrogen) atoms. The molecule has 1 saturated heterocycles. The van der Waals surface area contributed by atoms with Gasteiger partial charge >= 0.3 is 5.69 Å². The Hall–Kier alpha value is -1.89. The molecule has 0 saturated carbocycles. The summed E-state index contributed by atoms with van der Waals surface area (Å²) in [6.45, 7) is 2.41. The normalized spacial score (nSPS) is 22.9. The van der Waals surface area contributed by atoms with Crippen LogP contribution < -0.4 is 16.6 Å². The molecule has 0 radical (unpaired) electrons. The molecule has 2 rings (SSSR count). The maximum Gasteiger partial charge on any atom is 0.328 e. The van der Waals surface area contributed by atoms with Crippen LogP contribution in [0.25, 0.3) is 0 Å². The van der Waals surface area contributed by atoms with Crippen molar-refractivity contribution >= 4 is 5.91 Å². The summed E-state index contributed by atoms with van der Waals surface area (Å²) in [5.74, 6) is -0.272. The van der Waals surface area contributed by atoms with Crippen LogP contribution >= 0.6 is 0 Å². The molecule has 2 heterocycles. The van der Waals surface area contributed by atoms with E-state index in [4.69, 9.17) is 4.74 Å². The molecule has 2 atom stereocenters. The lowest BCUT2D eigenvalue weighted by Crippen LogP contribution is -2.42. The largest absolute Gasteiger partial charge is 0.376 e. The van der Waals surface area contributed by atoms with E-state index in [9.17, 15) is 14.4 Å². The zero-order valence-electron chi connectivity index (χ0n) is 10.0. The van der Waals surface area contributed by atoms with Crippen molar-refractivity contribution in [2.24, 2.45) is 0 Å². The standard InChI is InChI=1S/C11H15N3O4/c1-7-8(3-5-18-7)12-10(16)6-14-4-2-9(15)13-11(14)17/h2,4,7-8H,3,5-6H2,1H3,(H,12,16)(H,13,15,17)/t7-,8-/m1/s1. The fourth-order valence-electron chi connectivity index (χ4n) is 1.90. The highest BCUT2D eigenvalue weighted by Gasteiger charge is 2.25. The molecule has 7 heteroatoms. The summed E-state index contributed by atoms with van der Waals surface area (Å²) >= 11 is 0. The minimum atomic E-state index is -0.589. The van der Waals surface area contributed by atoms with Crippen LogP contribution in [-0.2, 0) is 16.1 Å². The predicted molar refractivity (Wildman–Crippen MR) is 63.3 cm³/mol. The molecule has 1 fully saturated rings. The van der Waals surface area contributed by atoms with Crippen LogP contribution in [-0.4, -0.2) is 34.2 Å². The van der Waals surface area contributed by atoms with E-state index >= 15 is 0 Å². The van der Waals surface area contributed by atoms with Crippen LogP contribution in [0.15, 0.2) is 21.9 Å². The number of nitrogens with one attached hydrogen (secondary N) is 2. The van der Waals surface area contributed by atoms with E-state index in [2.05, 4.69) is 10.3 Å². The molecular formula is C11H15N3O4. The van der Waals surface area contributed by atoms with Crippen LogP contribution in [0.2, 0.25) is 0 Å². The van der Waals surface area contributed by atoms with E-state index in [1.54, 1.807) is 0 Å². The van der Waals surface area contributed by atoms with E-state index in [-0.39, 0.29) is 24.6 Å². The maximum atomic E-state index is 11.7. The first kappa shape index (κ1) is 12.6. The van der Waals surface area contributed by atoms with Crippen molar-refractivity contribution in [1.82, 2.24) is 14.9 Å². The number of aromatic amines is 1. The van der Waals surface area contributed by atoms with E-state index < -0.39 is 11.2 Å². The molecule has 98 valence electrons. The Labute approximate surface area is 103 Å². The minimum absolute atomic E-state index is 0.0127. The molecule has 0 aliphatic carbocycles. The van der Waals surface area contributed by atoms with E-state index in [0.29, 0.717) is 6.61 Å². The minimum Gasteiger partial charge on any atom is -0.376 e. The van der Waals surface area contributed by atoms with Gasteiger partial charge in [0, 0.05) is 18.9 Å². The highest BCUT2D eigenvalue weighted by molar-refractivity contribution is 5.76. The number of aromatic nitrogens is 2. The average Bonchev–Trinajstić information content (AvgIpc) is 2.69. The molecule has 7 nitrogen and oxygen atoms in total. The molecule has 1 aliphatic rings. The van der Waals surface area contributed by atoms with Gasteiger partial charge in [0.15, 0.2) is 0 Å². The third kappa shape index (κ3) is 2.86. The molecule has 1 aromatic heterocycles. The van der Waals surface area contributed by atoms with Gasteiger partial charge in [0.25, 0.3) is 5.56 Å². The molecular weight excluding hydrogens is 238 g/mol. The second kappa shape index (κ2) is 5.18. The Morgan fingerprint density at radius 2 is 2.39 bits per heavy atom. The Bertz CT molecular complexity index is 548. The van der Waals surface area contributed by atoms with Crippen molar-refractivity contribution in [1.29, 1.82) is 0 Å². The quantitative estimate of drug-likeness (QED) is 0.710. The summed E-state index contributed by atoms with van der Waals surface area (Å²) in [7, 11) is 0. The Morgan fingerprint density at radius 3 is 3.00 bits per heavy atom. The van der Waals surface area contributed by atoms with Gasteiger partial charge in [-0.05, 0) is 13.3 Å². The third-order valence-electron chi connectivity index (χ3n) is 2.93. The number of carbonyl (C=O) groups is 1. The lowest BCUT2D eigenvalue weighted by atomic mass is 10.1. The monoisotopic (exact) mass is 253 g/mol. The third-order valence-corrected chi connectivity index (χ3v) is 2.93. The number of hydrogen-bond donors (Lipinski definition) is 2. The molecule has 1 aromatic rings. The molecule has 0 bridgehead atoms. The first-order valence-electron chi connectivity index (χ1n) is 5.77. The second-order valence-corrected chi connectivity index (χ2v) is 4.28. The Morgan fingerprint density at radius 1 is 1.61 bits per heavy atom. The first-order chi connectivity index (χ1) is 8.56. The zero-order chi connectivity index (χ0) is 13.1. The summed E-state index contributed by atoms with van der Waals surface area (Å²) in [4.78, 5) is 36.1. The Balaban J connectivity index is 1.99. The lowest BCUT2D eigenvalue weighted by Gasteiger charge is -2.16. The summed E-state index contributed by atoms with van der Waals surface area (Å²) in [6.07, 6.45) is 2.06. The van der Waals surface area contributed by atoms with Gasteiger partial charge < -0.3 is 10.1 Å². The van der Waals surface area contributed by atoms with Crippen LogP contribution in [0.3, 0.4) is 0 Å². The van der Waals surface area contributed by atoms with Crippen molar-refractivity contribution in [3.63, 3.8) is 0 Å². The van der Waals surface area contributed by atoms with Crippen molar-refractivity contribution < 1.29 is 9.53 Å². The predicted octanol–water partition coefficient (Wildman–Crippen LogP) is -1.17.